The predicted molar refractivity (Wildman–Crippen MR) is 164 cm³/mol. The van der Waals surface area contributed by atoms with Gasteiger partial charge >= 0.3 is 12.1 Å². The van der Waals surface area contributed by atoms with Crippen molar-refractivity contribution in [3.05, 3.63) is 76.7 Å². The average Bonchev–Trinajstić information content (AvgIpc) is 3.02. The van der Waals surface area contributed by atoms with Gasteiger partial charge in [0.15, 0.2) is 0 Å². The molecule has 0 unspecified atom stereocenters. The van der Waals surface area contributed by atoms with E-state index in [2.05, 4.69) is 16.9 Å². The van der Waals surface area contributed by atoms with E-state index >= 15 is 0 Å². The van der Waals surface area contributed by atoms with E-state index in [0.29, 0.717) is 22.9 Å². The van der Waals surface area contributed by atoms with Crippen LogP contribution in [-0.4, -0.2) is 35.0 Å². The lowest BCUT2D eigenvalue weighted by Gasteiger charge is -2.38. The first kappa shape index (κ1) is 32.4. The smallest absolute Gasteiger partial charge is 0.421 e. The third-order valence-corrected chi connectivity index (χ3v) is 8.93. The molecule has 0 aliphatic heterocycles. The number of benzene rings is 1. The summed E-state index contributed by atoms with van der Waals surface area (Å²) in [4.78, 5) is 37.4. The quantitative estimate of drug-likeness (QED) is 0.234. The van der Waals surface area contributed by atoms with Crippen LogP contribution in [0.3, 0.4) is 0 Å². The first-order chi connectivity index (χ1) is 21.5. The third kappa shape index (κ3) is 7.83. The Balaban J connectivity index is 1.48. The lowest BCUT2D eigenvalue weighted by molar-refractivity contribution is -0.139. The van der Waals surface area contributed by atoms with Gasteiger partial charge in [0, 0.05) is 36.0 Å². The summed E-state index contributed by atoms with van der Waals surface area (Å²) in [6.07, 6.45) is 4.97. The number of pyridine rings is 2. The van der Waals surface area contributed by atoms with Gasteiger partial charge in [0.1, 0.15) is 11.3 Å². The minimum atomic E-state index is -4.74. The molecule has 7 nitrogen and oxygen atoms in total. The fourth-order valence-electron chi connectivity index (χ4n) is 6.50. The Bertz CT molecular complexity index is 1510. The highest BCUT2D eigenvalue weighted by Crippen LogP contribution is 2.40. The molecule has 45 heavy (non-hydrogen) atoms. The maximum atomic E-state index is 14.2. The van der Waals surface area contributed by atoms with Crippen LogP contribution in [0, 0.1) is 18.8 Å². The number of hydrogen-bond donors (Lipinski definition) is 0. The van der Waals surface area contributed by atoms with Crippen molar-refractivity contribution in [2.75, 3.05) is 12.0 Å². The number of carbonyl (C=O) groups is 2. The molecule has 3 aromatic rings. The first-order valence-corrected chi connectivity index (χ1v) is 15.8. The van der Waals surface area contributed by atoms with E-state index in [-0.39, 0.29) is 35.6 Å². The summed E-state index contributed by atoms with van der Waals surface area (Å²) in [5.74, 6) is -0.936. The molecule has 0 bridgehead atoms. The number of esters is 1. The van der Waals surface area contributed by atoms with Crippen LogP contribution in [0.4, 0.5) is 18.9 Å². The Morgan fingerprint density at radius 3 is 2.38 bits per heavy atom. The zero-order chi connectivity index (χ0) is 32.1. The van der Waals surface area contributed by atoms with Crippen molar-refractivity contribution in [2.24, 2.45) is 11.8 Å². The monoisotopic (exact) mass is 623 g/mol. The van der Waals surface area contributed by atoms with Crippen molar-refractivity contribution >= 4 is 17.6 Å². The van der Waals surface area contributed by atoms with Gasteiger partial charge in [0.25, 0.3) is 0 Å². The van der Waals surface area contributed by atoms with E-state index in [1.54, 1.807) is 23.1 Å². The Kier molecular flexibility index (Phi) is 10.1. The fraction of sp³-hybridized carbons (Fsp3) is 0.486. The molecule has 0 N–H and O–H groups in total. The second kappa shape index (κ2) is 14.0. The van der Waals surface area contributed by atoms with Gasteiger partial charge in [0.2, 0.25) is 11.8 Å². The van der Waals surface area contributed by atoms with Gasteiger partial charge in [-0.15, -0.1) is 0 Å². The predicted octanol–water partition coefficient (Wildman–Crippen LogP) is 8.47. The fourth-order valence-corrected chi connectivity index (χ4v) is 6.50. The topological polar surface area (TPSA) is 81.6 Å². The number of aryl methyl sites for hydroxylation is 1. The van der Waals surface area contributed by atoms with Gasteiger partial charge in [-0.3, -0.25) is 9.78 Å². The number of amides is 1. The zero-order valence-electron chi connectivity index (χ0n) is 26.0. The minimum absolute atomic E-state index is 0.00710. The minimum Gasteiger partial charge on any atom is -0.465 e. The molecular weight excluding hydrogens is 583 g/mol. The molecular formula is C35H40F3N3O4. The lowest BCUT2D eigenvalue weighted by Crippen LogP contribution is -2.46. The van der Waals surface area contributed by atoms with Crippen molar-refractivity contribution in [3.63, 3.8) is 0 Å². The van der Waals surface area contributed by atoms with Crippen molar-refractivity contribution in [1.82, 2.24) is 9.97 Å². The Morgan fingerprint density at radius 2 is 1.71 bits per heavy atom. The number of nitrogens with zero attached hydrogens (tertiary/aromatic N) is 3. The standard InChI is InChI=1S/C35H40F3N3O4/c1-22-12-14-25(15-13-22)33(42)41(27-10-5-4-6-11-27)31-17-16-28(20-29(31)34(43)44-3)45-32-30(35(36,37)38)19-24(21-39-32)18-26-9-7-8-23(2)40-26/h7-9,16-17,19-22,25,27H,4-6,10-15,18H2,1-3H3/t22-,25-. The molecule has 1 amide bonds. The van der Waals surface area contributed by atoms with E-state index in [4.69, 9.17) is 9.47 Å². The molecule has 0 radical (unpaired) electrons. The average molecular weight is 624 g/mol. The van der Waals surface area contributed by atoms with Crippen LogP contribution < -0.4 is 9.64 Å². The maximum absolute atomic E-state index is 14.2. The van der Waals surface area contributed by atoms with E-state index in [0.717, 1.165) is 69.5 Å². The van der Waals surface area contributed by atoms with Crippen LogP contribution in [0.2, 0.25) is 0 Å². The molecule has 2 fully saturated rings. The van der Waals surface area contributed by atoms with Crippen molar-refractivity contribution in [1.29, 1.82) is 0 Å². The van der Waals surface area contributed by atoms with Gasteiger partial charge in [-0.05, 0) is 93.3 Å². The van der Waals surface area contributed by atoms with E-state index < -0.39 is 23.6 Å². The molecule has 2 aromatic heterocycles. The molecule has 0 saturated heterocycles. The summed E-state index contributed by atoms with van der Waals surface area (Å²) in [7, 11) is 1.24. The zero-order valence-corrected chi connectivity index (χ0v) is 26.0. The molecule has 2 heterocycles. The van der Waals surface area contributed by atoms with Crippen molar-refractivity contribution in [3.8, 4) is 11.6 Å². The summed E-state index contributed by atoms with van der Waals surface area (Å²) in [6.45, 7) is 4.01. The molecule has 0 atom stereocenters. The number of methoxy groups -OCH3 is 1. The van der Waals surface area contributed by atoms with Gasteiger partial charge in [-0.25, -0.2) is 9.78 Å². The molecule has 10 heteroatoms. The second-order valence-corrected chi connectivity index (χ2v) is 12.4. The van der Waals surface area contributed by atoms with Gasteiger partial charge in [-0.1, -0.05) is 32.3 Å². The Morgan fingerprint density at radius 1 is 0.978 bits per heavy atom. The molecule has 2 aliphatic rings. The molecule has 5 rings (SSSR count). The SMILES string of the molecule is COC(=O)c1cc(Oc2ncc(Cc3cccc(C)n3)cc2C(F)(F)F)ccc1N(C(=O)[C@H]1CC[C@H](C)CC1)C1CCCCC1. The van der Waals surface area contributed by atoms with E-state index in [1.165, 1.54) is 25.4 Å². The Hall–Kier alpha value is -3.95. The summed E-state index contributed by atoms with van der Waals surface area (Å²) >= 11 is 0. The second-order valence-electron chi connectivity index (χ2n) is 12.4. The number of rotatable bonds is 8. The summed E-state index contributed by atoms with van der Waals surface area (Å²) in [5, 5.41) is 0. The van der Waals surface area contributed by atoms with Crippen LogP contribution in [0.5, 0.6) is 11.6 Å². The molecule has 0 spiro atoms. The number of anilines is 1. The van der Waals surface area contributed by atoms with Crippen LogP contribution in [0.1, 0.15) is 97.6 Å². The molecule has 240 valence electrons. The van der Waals surface area contributed by atoms with E-state index in [9.17, 15) is 22.8 Å². The summed E-state index contributed by atoms with van der Waals surface area (Å²) in [6, 6.07) is 10.7. The number of halogens is 3. The highest BCUT2D eigenvalue weighted by molar-refractivity contribution is 6.04. The van der Waals surface area contributed by atoms with Gasteiger partial charge in [0.05, 0.1) is 18.4 Å². The van der Waals surface area contributed by atoms with E-state index in [1.807, 2.05) is 13.0 Å². The van der Waals surface area contributed by atoms with Crippen LogP contribution in [0.15, 0.2) is 48.7 Å². The van der Waals surface area contributed by atoms with Crippen LogP contribution in [0.25, 0.3) is 0 Å². The maximum Gasteiger partial charge on any atom is 0.421 e. The van der Waals surface area contributed by atoms with Gasteiger partial charge < -0.3 is 14.4 Å². The number of aromatic nitrogens is 2. The molecule has 1 aromatic carbocycles. The largest absolute Gasteiger partial charge is 0.465 e. The first-order valence-electron chi connectivity index (χ1n) is 15.8. The van der Waals surface area contributed by atoms with Crippen LogP contribution in [-0.2, 0) is 22.1 Å². The Labute approximate surface area is 262 Å². The summed E-state index contributed by atoms with van der Waals surface area (Å²) in [5.41, 5.74) is 1.14. The number of alkyl halides is 3. The van der Waals surface area contributed by atoms with Gasteiger partial charge in [-0.2, -0.15) is 13.2 Å². The highest BCUT2D eigenvalue weighted by atomic mass is 19.4. The third-order valence-electron chi connectivity index (χ3n) is 8.93. The lowest BCUT2D eigenvalue weighted by atomic mass is 9.81. The number of carbonyl (C=O) groups excluding carboxylic acids is 2. The van der Waals surface area contributed by atoms with Crippen molar-refractivity contribution in [2.45, 2.75) is 90.3 Å². The number of ether oxygens (including phenoxy) is 2. The number of hydrogen-bond acceptors (Lipinski definition) is 6. The normalized spacial score (nSPS) is 19.2. The van der Waals surface area contributed by atoms with Crippen LogP contribution >= 0.6 is 0 Å². The highest BCUT2D eigenvalue weighted by Gasteiger charge is 2.37. The summed E-state index contributed by atoms with van der Waals surface area (Å²) < 4.78 is 53.4. The molecule has 2 saturated carbocycles. The molecule has 2 aliphatic carbocycles. The van der Waals surface area contributed by atoms with Crippen molar-refractivity contribution < 1.29 is 32.2 Å².